The van der Waals surface area contributed by atoms with Crippen LogP contribution in [0.1, 0.15) is 0 Å². The van der Waals surface area contributed by atoms with Crippen LogP contribution >= 0.6 is 28.1 Å². The number of thiocarbonyl (C=S) groups is 1. The summed E-state index contributed by atoms with van der Waals surface area (Å²) >= 11 is 7.86. The first kappa shape index (κ1) is 14.0. The molecule has 0 bridgehead atoms. The smallest absolute Gasteiger partial charge is 0.404 e. The summed E-state index contributed by atoms with van der Waals surface area (Å²) in [6.45, 7) is 0. The third kappa shape index (κ3) is 4.78. The number of hydrogen-bond acceptors (Lipinski definition) is 2. The molecule has 0 fully saturated rings. The minimum Gasteiger partial charge on any atom is -0.404 e. The van der Waals surface area contributed by atoms with Gasteiger partial charge in [-0.05, 0) is 30.4 Å². The standard InChI is InChI=1S/C9H8BrF3N2OS/c1-14-8(17)15-6-3-2-5(10)4-7(6)16-9(11,12)13/h2-4H,1H3,(H2,14,15,17). The summed E-state index contributed by atoms with van der Waals surface area (Å²) in [6, 6.07) is 4.20. The zero-order valence-electron chi connectivity index (χ0n) is 8.56. The van der Waals surface area contributed by atoms with Gasteiger partial charge in [0.2, 0.25) is 0 Å². The fourth-order valence-electron chi connectivity index (χ4n) is 0.993. The molecule has 0 unspecified atom stereocenters. The van der Waals surface area contributed by atoms with E-state index in [1.54, 1.807) is 13.1 Å². The molecule has 0 aliphatic carbocycles. The van der Waals surface area contributed by atoms with Crippen molar-refractivity contribution in [1.82, 2.24) is 5.32 Å². The maximum Gasteiger partial charge on any atom is 0.573 e. The summed E-state index contributed by atoms with van der Waals surface area (Å²) in [7, 11) is 1.55. The molecule has 0 spiro atoms. The Bertz CT molecular complexity index is 425. The lowest BCUT2D eigenvalue weighted by Gasteiger charge is -2.15. The molecule has 0 atom stereocenters. The molecule has 0 saturated carbocycles. The van der Waals surface area contributed by atoms with E-state index >= 15 is 0 Å². The number of anilines is 1. The molecule has 2 N–H and O–H groups in total. The second kappa shape index (κ2) is 5.54. The van der Waals surface area contributed by atoms with Crippen molar-refractivity contribution in [1.29, 1.82) is 0 Å². The van der Waals surface area contributed by atoms with E-state index in [-0.39, 0.29) is 16.5 Å². The lowest BCUT2D eigenvalue weighted by Crippen LogP contribution is -2.25. The molecule has 0 saturated heterocycles. The van der Waals surface area contributed by atoms with E-state index < -0.39 is 6.36 Å². The fraction of sp³-hybridized carbons (Fsp3) is 0.222. The van der Waals surface area contributed by atoms with Gasteiger partial charge in [-0.15, -0.1) is 13.2 Å². The highest BCUT2D eigenvalue weighted by Gasteiger charge is 2.32. The van der Waals surface area contributed by atoms with Crippen molar-refractivity contribution in [2.24, 2.45) is 0 Å². The number of nitrogens with one attached hydrogen (secondary N) is 2. The molecule has 94 valence electrons. The van der Waals surface area contributed by atoms with E-state index in [1.165, 1.54) is 12.1 Å². The van der Waals surface area contributed by atoms with Crippen molar-refractivity contribution in [3.63, 3.8) is 0 Å². The lowest BCUT2D eigenvalue weighted by molar-refractivity contribution is -0.274. The van der Waals surface area contributed by atoms with Gasteiger partial charge in [0, 0.05) is 11.5 Å². The predicted molar refractivity (Wildman–Crippen MR) is 66.1 cm³/mol. The molecule has 0 heterocycles. The fourth-order valence-corrected chi connectivity index (χ4v) is 1.44. The summed E-state index contributed by atoms with van der Waals surface area (Å²) in [5.74, 6) is -0.357. The quantitative estimate of drug-likeness (QED) is 0.816. The molecular formula is C9H8BrF3N2OS. The SMILES string of the molecule is CNC(=S)Nc1ccc(Br)cc1OC(F)(F)F. The lowest BCUT2D eigenvalue weighted by atomic mass is 10.3. The van der Waals surface area contributed by atoms with Crippen LogP contribution in [0.25, 0.3) is 0 Å². The van der Waals surface area contributed by atoms with Crippen LogP contribution in [0, 0.1) is 0 Å². The first-order valence-corrected chi connectivity index (χ1v) is 5.56. The van der Waals surface area contributed by atoms with Crippen molar-refractivity contribution in [3.8, 4) is 5.75 Å². The molecule has 8 heteroatoms. The topological polar surface area (TPSA) is 33.3 Å². The average molecular weight is 329 g/mol. The van der Waals surface area contributed by atoms with Crippen LogP contribution in [-0.4, -0.2) is 18.5 Å². The Morgan fingerprint density at radius 1 is 1.41 bits per heavy atom. The number of hydrogen-bond donors (Lipinski definition) is 2. The van der Waals surface area contributed by atoms with Crippen LogP contribution in [0.15, 0.2) is 22.7 Å². The van der Waals surface area contributed by atoms with E-state index in [1.807, 2.05) is 0 Å². The van der Waals surface area contributed by atoms with Crippen LogP contribution in [0.3, 0.4) is 0 Å². The van der Waals surface area contributed by atoms with Crippen LogP contribution in [0.5, 0.6) is 5.75 Å². The van der Waals surface area contributed by atoms with Gasteiger partial charge in [0.15, 0.2) is 10.9 Å². The Labute approximate surface area is 109 Å². The number of ether oxygens (including phenoxy) is 1. The third-order valence-electron chi connectivity index (χ3n) is 1.64. The van der Waals surface area contributed by atoms with Crippen molar-refractivity contribution in [3.05, 3.63) is 22.7 Å². The third-order valence-corrected chi connectivity index (χ3v) is 2.44. The van der Waals surface area contributed by atoms with Gasteiger partial charge in [-0.1, -0.05) is 15.9 Å². The van der Waals surface area contributed by atoms with Gasteiger partial charge >= 0.3 is 6.36 Å². The summed E-state index contributed by atoms with van der Waals surface area (Å²) in [6.07, 6.45) is -4.75. The monoisotopic (exact) mass is 328 g/mol. The molecule has 17 heavy (non-hydrogen) atoms. The van der Waals surface area contributed by atoms with Crippen LogP contribution < -0.4 is 15.4 Å². The Morgan fingerprint density at radius 2 is 2.06 bits per heavy atom. The summed E-state index contributed by atoms with van der Waals surface area (Å²) in [4.78, 5) is 0. The van der Waals surface area contributed by atoms with Crippen LogP contribution in [0.2, 0.25) is 0 Å². The molecular weight excluding hydrogens is 321 g/mol. The highest BCUT2D eigenvalue weighted by molar-refractivity contribution is 9.10. The normalized spacial score (nSPS) is 10.9. The van der Waals surface area contributed by atoms with Gasteiger partial charge in [-0.25, -0.2) is 0 Å². The van der Waals surface area contributed by atoms with Crippen LogP contribution in [0.4, 0.5) is 18.9 Å². The van der Waals surface area contributed by atoms with E-state index in [9.17, 15) is 13.2 Å². The zero-order valence-corrected chi connectivity index (χ0v) is 11.0. The second-order valence-electron chi connectivity index (χ2n) is 2.89. The summed E-state index contributed by atoms with van der Waals surface area (Å²) in [5, 5.41) is 5.37. The van der Waals surface area contributed by atoms with Crippen molar-refractivity contribution in [2.75, 3.05) is 12.4 Å². The molecule has 1 aromatic carbocycles. The molecule has 0 amide bonds. The van der Waals surface area contributed by atoms with Gasteiger partial charge in [-0.2, -0.15) is 0 Å². The molecule has 1 aromatic rings. The van der Waals surface area contributed by atoms with E-state index in [4.69, 9.17) is 12.2 Å². The first-order chi connectivity index (χ1) is 7.81. The Morgan fingerprint density at radius 3 is 2.59 bits per heavy atom. The highest BCUT2D eigenvalue weighted by atomic mass is 79.9. The number of alkyl halides is 3. The van der Waals surface area contributed by atoms with Crippen LogP contribution in [-0.2, 0) is 0 Å². The minimum atomic E-state index is -4.75. The minimum absolute atomic E-state index is 0.130. The van der Waals surface area contributed by atoms with Crippen molar-refractivity contribution in [2.45, 2.75) is 6.36 Å². The Kier molecular flexibility index (Phi) is 4.58. The van der Waals surface area contributed by atoms with Gasteiger partial charge in [0.25, 0.3) is 0 Å². The van der Waals surface area contributed by atoms with Gasteiger partial charge in [0.05, 0.1) is 5.69 Å². The number of halogens is 4. The molecule has 0 aromatic heterocycles. The summed E-state index contributed by atoms with van der Waals surface area (Å²) in [5.41, 5.74) is 0.130. The van der Waals surface area contributed by atoms with E-state index in [2.05, 4.69) is 31.3 Å². The van der Waals surface area contributed by atoms with Gasteiger partial charge in [0.1, 0.15) is 0 Å². The highest BCUT2D eigenvalue weighted by Crippen LogP contribution is 2.32. The van der Waals surface area contributed by atoms with Crippen molar-refractivity contribution >= 4 is 38.9 Å². The number of benzene rings is 1. The van der Waals surface area contributed by atoms with Crippen molar-refractivity contribution < 1.29 is 17.9 Å². The Hall–Kier alpha value is -1.02. The maximum absolute atomic E-state index is 12.2. The first-order valence-electron chi connectivity index (χ1n) is 4.36. The maximum atomic E-state index is 12.2. The van der Waals surface area contributed by atoms with Gasteiger partial charge in [-0.3, -0.25) is 0 Å². The Balaban J connectivity index is 2.99. The zero-order chi connectivity index (χ0) is 13.1. The van der Waals surface area contributed by atoms with E-state index in [0.29, 0.717) is 4.47 Å². The largest absolute Gasteiger partial charge is 0.573 e. The molecule has 1 rings (SSSR count). The molecule has 0 aliphatic rings. The molecule has 0 radical (unpaired) electrons. The molecule has 0 aliphatic heterocycles. The molecule has 3 nitrogen and oxygen atoms in total. The average Bonchev–Trinajstić information content (AvgIpc) is 2.19. The van der Waals surface area contributed by atoms with E-state index in [0.717, 1.165) is 0 Å². The number of rotatable bonds is 2. The summed E-state index contributed by atoms with van der Waals surface area (Å²) < 4.78 is 40.8. The second-order valence-corrected chi connectivity index (χ2v) is 4.22. The van der Waals surface area contributed by atoms with Gasteiger partial charge < -0.3 is 15.4 Å². The predicted octanol–water partition coefficient (Wildman–Crippen LogP) is 3.26.